The third-order valence-corrected chi connectivity index (χ3v) is 4.98. The van der Waals surface area contributed by atoms with Crippen molar-refractivity contribution in [1.29, 1.82) is 0 Å². The average Bonchev–Trinajstić information content (AvgIpc) is 3.16. The van der Waals surface area contributed by atoms with Crippen LogP contribution >= 0.6 is 0 Å². The van der Waals surface area contributed by atoms with E-state index in [9.17, 15) is 9.18 Å². The number of nitrogens with one attached hydrogen (secondary N) is 3. The Balaban J connectivity index is 1.36. The number of anilines is 2. The molecule has 8 heteroatoms. The molecular weight excluding hydrogens is 359 g/mol. The van der Waals surface area contributed by atoms with Gasteiger partial charge in [0.15, 0.2) is 0 Å². The molecule has 4 rings (SSSR count). The smallest absolute Gasteiger partial charge is 0.239 e. The van der Waals surface area contributed by atoms with Crippen molar-refractivity contribution < 1.29 is 9.18 Å². The zero-order valence-corrected chi connectivity index (χ0v) is 15.7. The molecule has 1 aliphatic heterocycles. The first-order chi connectivity index (χ1) is 13.6. The summed E-state index contributed by atoms with van der Waals surface area (Å²) in [5.74, 6) is 0.377. The highest BCUT2D eigenvalue weighted by Crippen LogP contribution is 2.25. The molecule has 0 aliphatic carbocycles. The van der Waals surface area contributed by atoms with Crippen LogP contribution < -0.4 is 15.5 Å². The second kappa shape index (κ2) is 7.84. The number of amides is 1. The molecule has 2 aromatic heterocycles. The lowest BCUT2D eigenvalue weighted by Gasteiger charge is -2.34. The second-order valence-electron chi connectivity index (χ2n) is 7.13. The molecule has 0 unspecified atom stereocenters. The lowest BCUT2D eigenvalue weighted by atomic mass is 10.1. The molecular formula is C20H23FN6O. The molecule has 28 heavy (non-hydrogen) atoms. The van der Waals surface area contributed by atoms with Crippen LogP contribution in [0.5, 0.6) is 0 Å². The summed E-state index contributed by atoms with van der Waals surface area (Å²) in [4.78, 5) is 26.3. The number of aromatic amines is 1. The third kappa shape index (κ3) is 3.90. The standard InChI is InChI=1S/C20H23FN6O/c1-13-4-5-17(16(21)9-13)23-10-18(28)26-14-3-2-8-27(11-14)20-15-6-7-22-19(15)24-12-25-20/h4-7,9,12,14,23H,2-3,8,10-11H2,1H3,(H,26,28)(H,22,24,25)/t14-/m1/s1. The lowest BCUT2D eigenvalue weighted by molar-refractivity contribution is -0.120. The van der Waals surface area contributed by atoms with Gasteiger partial charge in [0.1, 0.15) is 23.6 Å². The molecule has 3 heterocycles. The van der Waals surface area contributed by atoms with Crippen LogP contribution in [0.3, 0.4) is 0 Å². The largest absolute Gasteiger partial charge is 0.374 e. The Hall–Kier alpha value is -3.16. The van der Waals surface area contributed by atoms with Crippen molar-refractivity contribution in [3.8, 4) is 0 Å². The van der Waals surface area contributed by atoms with Gasteiger partial charge in [-0.25, -0.2) is 14.4 Å². The number of aromatic nitrogens is 3. The molecule has 0 spiro atoms. The minimum Gasteiger partial charge on any atom is -0.374 e. The van der Waals surface area contributed by atoms with Crippen LogP contribution in [0, 0.1) is 12.7 Å². The molecule has 1 fully saturated rings. The first kappa shape index (κ1) is 18.2. The van der Waals surface area contributed by atoms with Gasteiger partial charge in [-0.3, -0.25) is 4.79 Å². The molecule has 146 valence electrons. The molecule has 0 radical (unpaired) electrons. The zero-order chi connectivity index (χ0) is 19.5. The molecule has 3 N–H and O–H groups in total. The fourth-order valence-electron chi connectivity index (χ4n) is 3.62. The third-order valence-electron chi connectivity index (χ3n) is 4.98. The lowest BCUT2D eigenvalue weighted by Crippen LogP contribution is -2.49. The van der Waals surface area contributed by atoms with E-state index in [-0.39, 0.29) is 24.3 Å². The normalized spacial score (nSPS) is 16.9. The predicted octanol–water partition coefficient (Wildman–Crippen LogP) is 2.60. The summed E-state index contributed by atoms with van der Waals surface area (Å²) in [6.45, 7) is 3.43. The van der Waals surface area contributed by atoms with E-state index in [2.05, 4.69) is 30.5 Å². The van der Waals surface area contributed by atoms with Crippen LogP contribution in [0.25, 0.3) is 11.0 Å². The van der Waals surface area contributed by atoms with Gasteiger partial charge in [0, 0.05) is 25.3 Å². The Labute approximate surface area is 162 Å². The summed E-state index contributed by atoms with van der Waals surface area (Å²) >= 11 is 0. The first-order valence-corrected chi connectivity index (χ1v) is 9.42. The van der Waals surface area contributed by atoms with Gasteiger partial charge in [-0.2, -0.15) is 0 Å². The van der Waals surface area contributed by atoms with E-state index in [0.717, 1.165) is 41.8 Å². The number of aryl methyl sites for hydroxylation is 1. The summed E-state index contributed by atoms with van der Waals surface area (Å²) in [7, 11) is 0. The monoisotopic (exact) mass is 382 g/mol. The number of nitrogens with zero attached hydrogens (tertiary/aromatic N) is 3. The topological polar surface area (TPSA) is 85.9 Å². The number of piperidine rings is 1. The molecule has 1 amide bonds. The highest BCUT2D eigenvalue weighted by molar-refractivity contribution is 5.87. The van der Waals surface area contributed by atoms with Crippen molar-refractivity contribution in [2.75, 3.05) is 29.9 Å². The molecule has 0 bridgehead atoms. The van der Waals surface area contributed by atoms with Crippen molar-refractivity contribution in [2.24, 2.45) is 0 Å². The number of H-pyrrole nitrogens is 1. The van der Waals surface area contributed by atoms with Gasteiger partial charge in [0.05, 0.1) is 17.6 Å². The molecule has 7 nitrogen and oxygen atoms in total. The van der Waals surface area contributed by atoms with E-state index in [1.54, 1.807) is 12.4 Å². The maximum atomic E-state index is 13.9. The van der Waals surface area contributed by atoms with Crippen LogP contribution in [-0.4, -0.2) is 46.5 Å². The Bertz CT molecular complexity index is 988. The van der Waals surface area contributed by atoms with Crippen molar-refractivity contribution >= 4 is 28.4 Å². The molecule has 0 saturated carbocycles. The average molecular weight is 382 g/mol. The summed E-state index contributed by atoms with van der Waals surface area (Å²) in [5, 5.41) is 6.89. The van der Waals surface area contributed by atoms with E-state index >= 15 is 0 Å². The maximum Gasteiger partial charge on any atom is 0.239 e. The molecule has 1 atom stereocenters. The van der Waals surface area contributed by atoms with Crippen LogP contribution in [0.2, 0.25) is 0 Å². The Morgan fingerprint density at radius 1 is 1.36 bits per heavy atom. The number of hydrogen-bond acceptors (Lipinski definition) is 5. The quantitative estimate of drug-likeness (QED) is 0.632. The van der Waals surface area contributed by atoms with Gasteiger partial charge >= 0.3 is 0 Å². The van der Waals surface area contributed by atoms with Crippen molar-refractivity contribution in [3.63, 3.8) is 0 Å². The number of hydrogen-bond donors (Lipinski definition) is 3. The van der Waals surface area contributed by atoms with E-state index in [0.29, 0.717) is 12.2 Å². The highest BCUT2D eigenvalue weighted by atomic mass is 19.1. The number of fused-ring (bicyclic) bond motifs is 1. The van der Waals surface area contributed by atoms with Crippen molar-refractivity contribution in [2.45, 2.75) is 25.8 Å². The fourth-order valence-corrected chi connectivity index (χ4v) is 3.62. The van der Waals surface area contributed by atoms with E-state index in [1.165, 1.54) is 6.07 Å². The summed E-state index contributed by atoms with van der Waals surface area (Å²) in [5.41, 5.74) is 1.98. The van der Waals surface area contributed by atoms with Crippen LogP contribution in [-0.2, 0) is 4.79 Å². The maximum absolute atomic E-state index is 13.9. The zero-order valence-electron chi connectivity index (χ0n) is 15.7. The summed E-state index contributed by atoms with van der Waals surface area (Å²) in [6, 6.07) is 6.90. The second-order valence-corrected chi connectivity index (χ2v) is 7.13. The number of halogens is 1. The van der Waals surface area contributed by atoms with Gasteiger partial charge in [-0.05, 0) is 43.5 Å². The Morgan fingerprint density at radius 3 is 3.11 bits per heavy atom. The Morgan fingerprint density at radius 2 is 2.25 bits per heavy atom. The van der Waals surface area contributed by atoms with E-state index in [1.807, 2.05) is 25.3 Å². The molecule has 1 aromatic carbocycles. The number of carbonyl (C=O) groups is 1. The minimum atomic E-state index is -0.351. The SMILES string of the molecule is Cc1ccc(NCC(=O)N[C@@H]2CCCN(c3ncnc4[nH]ccc34)C2)c(F)c1. The number of rotatable bonds is 5. The van der Waals surface area contributed by atoms with Crippen LogP contribution in [0.15, 0.2) is 36.8 Å². The van der Waals surface area contributed by atoms with Gasteiger partial charge < -0.3 is 20.5 Å². The predicted molar refractivity (Wildman–Crippen MR) is 107 cm³/mol. The minimum absolute atomic E-state index is 0.0230. The van der Waals surface area contributed by atoms with E-state index in [4.69, 9.17) is 0 Å². The summed E-state index contributed by atoms with van der Waals surface area (Å²) < 4.78 is 13.9. The Kier molecular flexibility index (Phi) is 5.10. The van der Waals surface area contributed by atoms with Crippen LogP contribution in [0.1, 0.15) is 18.4 Å². The van der Waals surface area contributed by atoms with Crippen LogP contribution in [0.4, 0.5) is 15.9 Å². The molecule has 1 saturated heterocycles. The first-order valence-electron chi connectivity index (χ1n) is 9.42. The fraction of sp³-hybridized carbons (Fsp3) is 0.350. The number of benzene rings is 1. The molecule has 1 aliphatic rings. The van der Waals surface area contributed by atoms with Gasteiger partial charge in [0.2, 0.25) is 5.91 Å². The van der Waals surface area contributed by atoms with Crippen molar-refractivity contribution in [3.05, 3.63) is 48.2 Å². The van der Waals surface area contributed by atoms with E-state index < -0.39 is 0 Å². The van der Waals surface area contributed by atoms with Gasteiger partial charge in [-0.15, -0.1) is 0 Å². The van der Waals surface area contributed by atoms with Crippen molar-refractivity contribution in [1.82, 2.24) is 20.3 Å². The van der Waals surface area contributed by atoms with Gasteiger partial charge in [-0.1, -0.05) is 6.07 Å². The molecule has 3 aromatic rings. The number of carbonyl (C=O) groups excluding carboxylic acids is 1. The summed E-state index contributed by atoms with van der Waals surface area (Å²) in [6.07, 6.45) is 5.27. The van der Waals surface area contributed by atoms with Gasteiger partial charge in [0.25, 0.3) is 0 Å². The highest BCUT2D eigenvalue weighted by Gasteiger charge is 2.23.